The van der Waals surface area contributed by atoms with Gasteiger partial charge in [-0.15, -0.1) is 0 Å². The molecule has 0 aliphatic heterocycles. The minimum absolute atomic E-state index is 0.0726. The summed E-state index contributed by atoms with van der Waals surface area (Å²) in [5.41, 5.74) is 0. The number of Topliss-reactive ketones (excluding diaryl/α,β-unsaturated/α-hetero) is 4. The molecule has 6 heteroatoms. The Hall–Kier alpha value is -2.50. The molecule has 0 saturated carbocycles. The molecule has 0 atom stereocenters. The summed E-state index contributed by atoms with van der Waals surface area (Å²) >= 11 is 0. The summed E-state index contributed by atoms with van der Waals surface area (Å²) in [6, 6.07) is 7.68. The Labute approximate surface area is 230 Å². The maximum atomic E-state index is 12.0. The molecule has 1 rings (SSSR count). The first-order chi connectivity index (χ1) is 18.4. The van der Waals surface area contributed by atoms with E-state index in [1.807, 2.05) is 52.0 Å². The molecular formula is C32H50O6. The third kappa shape index (κ3) is 13.3. The van der Waals surface area contributed by atoms with Gasteiger partial charge in [-0.05, 0) is 49.9 Å². The Balaban J connectivity index is 2.15. The van der Waals surface area contributed by atoms with Crippen molar-refractivity contribution < 1.29 is 28.7 Å². The summed E-state index contributed by atoms with van der Waals surface area (Å²) in [6.07, 6.45) is 10.7. The van der Waals surface area contributed by atoms with Crippen molar-refractivity contribution in [3.05, 3.63) is 24.3 Å². The summed E-state index contributed by atoms with van der Waals surface area (Å²) in [7, 11) is 0. The van der Waals surface area contributed by atoms with E-state index in [0.29, 0.717) is 51.7 Å². The number of rotatable bonds is 24. The average molecular weight is 531 g/mol. The molecule has 0 fully saturated rings. The largest absolute Gasteiger partial charge is 0.494 e. The van der Waals surface area contributed by atoms with Gasteiger partial charge in [0.05, 0.1) is 25.0 Å². The van der Waals surface area contributed by atoms with E-state index >= 15 is 0 Å². The lowest BCUT2D eigenvalue weighted by Gasteiger charge is -2.13. The van der Waals surface area contributed by atoms with Crippen LogP contribution in [-0.2, 0) is 19.2 Å². The Morgan fingerprint density at radius 2 is 0.789 bits per heavy atom. The summed E-state index contributed by atoms with van der Waals surface area (Å²) in [5, 5.41) is 0. The molecule has 0 heterocycles. The zero-order valence-electron chi connectivity index (χ0n) is 24.2. The van der Waals surface area contributed by atoms with Gasteiger partial charge in [-0.2, -0.15) is 0 Å². The highest BCUT2D eigenvalue weighted by Gasteiger charge is 2.23. The van der Waals surface area contributed by atoms with Crippen LogP contribution in [0.15, 0.2) is 24.3 Å². The van der Waals surface area contributed by atoms with Crippen LogP contribution in [-0.4, -0.2) is 36.3 Å². The lowest BCUT2D eigenvalue weighted by atomic mass is 9.90. The first-order valence-corrected chi connectivity index (χ1v) is 14.8. The van der Waals surface area contributed by atoms with E-state index in [2.05, 4.69) is 0 Å². The van der Waals surface area contributed by atoms with Crippen molar-refractivity contribution in [3.8, 4) is 11.5 Å². The van der Waals surface area contributed by atoms with Crippen LogP contribution < -0.4 is 9.47 Å². The number of unbranched alkanes of at least 4 members (excludes halogenated alkanes) is 6. The number of ketones is 4. The Kier molecular flexibility index (Phi) is 18.1. The van der Waals surface area contributed by atoms with Gasteiger partial charge in [0.2, 0.25) is 0 Å². The van der Waals surface area contributed by atoms with Crippen molar-refractivity contribution in [1.29, 1.82) is 0 Å². The third-order valence-corrected chi connectivity index (χ3v) is 7.08. The molecule has 0 unspecified atom stereocenters. The van der Waals surface area contributed by atoms with E-state index in [-0.39, 0.29) is 23.1 Å². The molecule has 1 aromatic rings. The maximum absolute atomic E-state index is 12.0. The monoisotopic (exact) mass is 530 g/mol. The van der Waals surface area contributed by atoms with E-state index in [9.17, 15) is 19.2 Å². The first-order valence-electron chi connectivity index (χ1n) is 14.8. The molecule has 1 aromatic carbocycles. The van der Waals surface area contributed by atoms with Crippen LogP contribution in [0.3, 0.4) is 0 Å². The number of ether oxygens (including phenoxy) is 2. The molecule has 214 valence electrons. The molecule has 0 saturated heterocycles. The fourth-order valence-corrected chi connectivity index (χ4v) is 4.61. The van der Waals surface area contributed by atoms with Crippen molar-refractivity contribution >= 4 is 23.1 Å². The van der Waals surface area contributed by atoms with Gasteiger partial charge < -0.3 is 9.47 Å². The lowest BCUT2D eigenvalue weighted by Crippen LogP contribution is -2.22. The number of hydrogen-bond acceptors (Lipinski definition) is 6. The summed E-state index contributed by atoms with van der Waals surface area (Å²) in [5.74, 6) is 1.11. The zero-order valence-corrected chi connectivity index (χ0v) is 24.2. The molecule has 0 amide bonds. The minimum atomic E-state index is -0.408. The van der Waals surface area contributed by atoms with Gasteiger partial charge in [-0.25, -0.2) is 0 Å². The van der Waals surface area contributed by atoms with Gasteiger partial charge in [0.15, 0.2) is 0 Å². The quantitative estimate of drug-likeness (QED) is 0.102. The van der Waals surface area contributed by atoms with Crippen LogP contribution in [0.4, 0.5) is 0 Å². The predicted octanol–water partition coefficient (Wildman–Crippen LogP) is 7.49. The van der Waals surface area contributed by atoms with Crippen molar-refractivity contribution in [2.24, 2.45) is 11.8 Å². The minimum Gasteiger partial charge on any atom is -0.494 e. The molecule has 0 spiro atoms. The molecule has 0 radical (unpaired) electrons. The molecule has 38 heavy (non-hydrogen) atoms. The molecule has 0 N–H and O–H groups in total. The van der Waals surface area contributed by atoms with Crippen molar-refractivity contribution in [3.63, 3.8) is 0 Å². The Morgan fingerprint density at radius 3 is 1.08 bits per heavy atom. The van der Waals surface area contributed by atoms with Gasteiger partial charge in [0, 0.05) is 25.7 Å². The van der Waals surface area contributed by atoms with Crippen LogP contribution in [0.2, 0.25) is 0 Å². The van der Waals surface area contributed by atoms with E-state index in [1.165, 1.54) is 0 Å². The zero-order chi connectivity index (χ0) is 28.2. The average Bonchev–Trinajstić information content (AvgIpc) is 2.95. The molecular weight excluding hydrogens is 480 g/mol. The molecule has 0 aliphatic rings. The van der Waals surface area contributed by atoms with Crippen LogP contribution in [0.1, 0.15) is 118 Å². The van der Waals surface area contributed by atoms with Crippen LogP contribution >= 0.6 is 0 Å². The molecule has 0 aromatic heterocycles. The van der Waals surface area contributed by atoms with Crippen LogP contribution in [0, 0.1) is 11.8 Å². The first kappa shape index (κ1) is 33.5. The number of hydrogen-bond donors (Lipinski definition) is 0. The highest BCUT2D eigenvalue weighted by atomic mass is 16.5. The van der Waals surface area contributed by atoms with E-state index in [4.69, 9.17) is 9.47 Å². The van der Waals surface area contributed by atoms with E-state index in [1.54, 1.807) is 0 Å². The second-order valence-electron chi connectivity index (χ2n) is 9.96. The van der Waals surface area contributed by atoms with Crippen molar-refractivity contribution in [2.45, 2.75) is 118 Å². The fraction of sp³-hybridized carbons (Fsp3) is 0.688. The standard InChI is InChI=1S/C32H50O6/c1-5-29(33)27(30(34)6-2)17-13-9-11-15-23-37-25-19-21-26(22-20-25)38-24-16-12-10-14-18-28(31(35)7-3)32(36)8-4/h19-22,27-28H,5-18,23-24H2,1-4H3. The topological polar surface area (TPSA) is 86.7 Å². The SMILES string of the molecule is CCC(=O)C(CCCCCCOc1ccc(OCCCCCCC(C(=O)CC)C(=O)CC)cc1)C(=O)CC. The Morgan fingerprint density at radius 1 is 0.500 bits per heavy atom. The van der Waals surface area contributed by atoms with E-state index < -0.39 is 11.8 Å². The maximum Gasteiger partial charge on any atom is 0.143 e. The lowest BCUT2D eigenvalue weighted by molar-refractivity contribution is -0.134. The number of carbonyl (C=O) groups is 4. The van der Waals surface area contributed by atoms with Crippen molar-refractivity contribution in [1.82, 2.24) is 0 Å². The molecule has 0 bridgehead atoms. The molecule has 0 aliphatic carbocycles. The third-order valence-electron chi connectivity index (χ3n) is 7.08. The highest BCUT2D eigenvalue weighted by molar-refractivity contribution is 6.02. The van der Waals surface area contributed by atoms with Crippen molar-refractivity contribution in [2.75, 3.05) is 13.2 Å². The van der Waals surface area contributed by atoms with Gasteiger partial charge in [-0.3, -0.25) is 19.2 Å². The predicted molar refractivity (Wildman–Crippen MR) is 152 cm³/mol. The van der Waals surface area contributed by atoms with E-state index in [0.717, 1.165) is 62.9 Å². The fourth-order valence-electron chi connectivity index (χ4n) is 4.61. The van der Waals surface area contributed by atoms with Gasteiger partial charge in [0.25, 0.3) is 0 Å². The van der Waals surface area contributed by atoms with Crippen LogP contribution in [0.5, 0.6) is 11.5 Å². The normalized spacial score (nSPS) is 11.1. The number of carbonyl (C=O) groups excluding carboxylic acids is 4. The van der Waals surface area contributed by atoms with Gasteiger partial charge in [0.1, 0.15) is 34.6 Å². The van der Waals surface area contributed by atoms with Gasteiger partial charge in [-0.1, -0.05) is 66.2 Å². The van der Waals surface area contributed by atoms with Crippen LogP contribution in [0.25, 0.3) is 0 Å². The summed E-state index contributed by atoms with van der Waals surface area (Å²) in [4.78, 5) is 47.9. The van der Waals surface area contributed by atoms with Gasteiger partial charge >= 0.3 is 0 Å². The second-order valence-corrected chi connectivity index (χ2v) is 9.96. The summed E-state index contributed by atoms with van der Waals surface area (Å²) in [6.45, 7) is 8.57. The second kappa shape index (κ2) is 20.5. The summed E-state index contributed by atoms with van der Waals surface area (Å²) < 4.78 is 11.7. The molecule has 6 nitrogen and oxygen atoms in total. The Bertz CT molecular complexity index is 728. The number of benzene rings is 1. The smallest absolute Gasteiger partial charge is 0.143 e. The highest BCUT2D eigenvalue weighted by Crippen LogP contribution is 2.20.